The summed E-state index contributed by atoms with van der Waals surface area (Å²) in [4.78, 5) is 12.5. The fourth-order valence-electron chi connectivity index (χ4n) is 2.59. The Morgan fingerprint density at radius 1 is 1.05 bits per heavy atom. The van der Waals surface area contributed by atoms with Crippen LogP contribution >= 0.6 is 0 Å². The Balaban J connectivity index is 2.36. The molecule has 0 fully saturated rings. The summed E-state index contributed by atoms with van der Waals surface area (Å²) in [6.07, 6.45) is 1.26. The maximum Gasteiger partial charge on any atom is 0.227 e. The second-order valence-electron chi connectivity index (χ2n) is 4.90. The van der Waals surface area contributed by atoms with Crippen LogP contribution in [0.1, 0.15) is 0 Å². The molecule has 2 N–H and O–H groups in total. The number of benzene rings is 2. The van der Waals surface area contributed by atoms with Crippen molar-refractivity contribution >= 4 is 38.5 Å². The van der Waals surface area contributed by atoms with Crippen LogP contribution in [-0.4, -0.2) is 0 Å². The van der Waals surface area contributed by atoms with Gasteiger partial charge in [-0.25, -0.2) is 0 Å². The number of fused-ring (bicyclic) bond motifs is 4. The van der Waals surface area contributed by atoms with Gasteiger partial charge < -0.3 is 15.4 Å². The molecule has 0 bridgehead atoms. The van der Waals surface area contributed by atoms with E-state index in [2.05, 4.69) is 0 Å². The summed E-state index contributed by atoms with van der Waals surface area (Å²) in [5.74, 6) is 0. The summed E-state index contributed by atoms with van der Waals surface area (Å²) in [5, 5.41) is 13.3. The minimum absolute atomic E-state index is 0.222. The predicted octanol–water partition coefficient (Wildman–Crippen LogP) is 2.31. The van der Waals surface area contributed by atoms with E-state index in [1.54, 1.807) is 42.5 Å². The lowest BCUT2D eigenvalue weighted by Crippen LogP contribution is -2.27. The van der Waals surface area contributed by atoms with Crippen molar-refractivity contribution in [3.63, 3.8) is 0 Å². The van der Waals surface area contributed by atoms with Gasteiger partial charge in [0.25, 0.3) is 0 Å². The molecule has 0 amide bonds. The van der Waals surface area contributed by atoms with Crippen LogP contribution in [0, 0.1) is 5.21 Å². The summed E-state index contributed by atoms with van der Waals surface area (Å²) in [6, 6.07) is 11.9. The highest BCUT2D eigenvalue weighted by atomic mass is 16.5. The second kappa shape index (κ2) is 3.96. The number of rotatable bonds is 0. The number of aromatic nitrogens is 1. The average molecular weight is 278 g/mol. The number of hydrogen-bond donors (Lipinski definition) is 1. The van der Waals surface area contributed by atoms with E-state index in [0.717, 1.165) is 0 Å². The molecule has 2 aromatic carbocycles. The molecule has 0 atom stereocenters. The number of nitrogen functional groups attached to an aromatic ring is 1. The zero-order chi connectivity index (χ0) is 14.6. The Bertz CT molecular complexity index is 1080. The van der Waals surface area contributed by atoms with Gasteiger partial charge in [-0.3, -0.25) is 4.79 Å². The molecule has 102 valence electrons. The summed E-state index contributed by atoms with van der Waals surface area (Å²) >= 11 is 0. The molecule has 0 saturated carbocycles. The lowest BCUT2D eigenvalue weighted by Gasteiger charge is -2.06. The number of para-hydroxylation sites is 1. The Labute approximate surface area is 118 Å². The van der Waals surface area contributed by atoms with E-state index in [-0.39, 0.29) is 10.8 Å². The average Bonchev–Trinajstić information content (AvgIpc) is 2.49. The third-order valence-corrected chi connectivity index (χ3v) is 3.58. The first-order chi connectivity index (χ1) is 10.1. The van der Waals surface area contributed by atoms with Crippen molar-refractivity contribution in [2.45, 2.75) is 0 Å². The molecular formula is C16H10N2O3. The zero-order valence-electron chi connectivity index (χ0n) is 10.9. The molecular weight excluding hydrogens is 268 g/mol. The van der Waals surface area contributed by atoms with E-state index in [9.17, 15) is 10.0 Å². The molecule has 0 aliphatic rings. The highest BCUT2D eigenvalue weighted by molar-refractivity contribution is 6.03. The van der Waals surface area contributed by atoms with Gasteiger partial charge in [0, 0.05) is 11.8 Å². The van der Waals surface area contributed by atoms with E-state index < -0.39 is 0 Å². The van der Waals surface area contributed by atoms with Crippen molar-refractivity contribution in [2.75, 3.05) is 5.73 Å². The fourth-order valence-corrected chi connectivity index (χ4v) is 2.59. The normalized spacial score (nSPS) is 11.4. The summed E-state index contributed by atoms with van der Waals surface area (Å²) < 4.78 is 6.51. The van der Waals surface area contributed by atoms with Crippen molar-refractivity contribution in [3.05, 3.63) is 64.1 Å². The van der Waals surface area contributed by atoms with Crippen molar-refractivity contribution in [1.29, 1.82) is 0 Å². The lowest BCUT2D eigenvalue weighted by atomic mass is 10.1. The predicted molar refractivity (Wildman–Crippen MR) is 80.9 cm³/mol. The smallest absolute Gasteiger partial charge is 0.227 e. The zero-order valence-corrected chi connectivity index (χ0v) is 10.9. The van der Waals surface area contributed by atoms with Gasteiger partial charge >= 0.3 is 0 Å². The SMILES string of the molecule is Nc1ccc2c(c1)c1oc3ccccc3c(=O)c1c[n+]2[O-]. The number of nitrogens with zero attached hydrogens (tertiary/aromatic N) is 1. The number of nitrogens with two attached hydrogens (primary N) is 1. The Hall–Kier alpha value is -3.08. The van der Waals surface area contributed by atoms with Gasteiger partial charge in [-0.2, -0.15) is 4.73 Å². The molecule has 21 heavy (non-hydrogen) atoms. The minimum atomic E-state index is -0.222. The third kappa shape index (κ3) is 1.57. The number of anilines is 1. The molecule has 0 spiro atoms. The van der Waals surface area contributed by atoms with Gasteiger partial charge in [-0.15, -0.1) is 0 Å². The number of pyridine rings is 1. The van der Waals surface area contributed by atoms with Gasteiger partial charge in [0.05, 0.1) is 10.8 Å². The molecule has 4 rings (SSSR count). The molecule has 0 aliphatic carbocycles. The van der Waals surface area contributed by atoms with Gasteiger partial charge in [-0.1, -0.05) is 12.1 Å². The molecule has 2 heterocycles. The Kier molecular flexibility index (Phi) is 2.21. The van der Waals surface area contributed by atoms with E-state index in [0.29, 0.717) is 37.9 Å². The van der Waals surface area contributed by atoms with Gasteiger partial charge in [-0.05, 0) is 24.3 Å². The van der Waals surface area contributed by atoms with Crippen LogP contribution in [0.15, 0.2) is 57.9 Å². The molecule has 0 unspecified atom stereocenters. The maximum atomic E-state index is 12.5. The molecule has 5 heteroatoms. The minimum Gasteiger partial charge on any atom is -0.618 e. The van der Waals surface area contributed by atoms with Gasteiger partial charge in [0.2, 0.25) is 10.9 Å². The van der Waals surface area contributed by atoms with Crippen molar-refractivity contribution in [3.8, 4) is 0 Å². The first-order valence-electron chi connectivity index (χ1n) is 6.42. The van der Waals surface area contributed by atoms with Crippen LogP contribution in [-0.2, 0) is 0 Å². The maximum absolute atomic E-state index is 12.5. The van der Waals surface area contributed by atoms with Gasteiger partial charge in [0.1, 0.15) is 11.0 Å². The fraction of sp³-hybridized carbons (Fsp3) is 0. The summed E-state index contributed by atoms with van der Waals surface area (Å²) in [7, 11) is 0. The van der Waals surface area contributed by atoms with Crippen LogP contribution in [0.25, 0.3) is 32.8 Å². The Morgan fingerprint density at radius 3 is 2.71 bits per heavy atom. The Morgan fingerprint density at radius 2 is 1.86 bits per heavy atom. The van der Waals surface area contributed by atoms with E-state index in [1.165, 1.54) is 6.20 Å². The summed E-state index contributed by atoms with van der Waals surface area (Å²) in [5.41, 5.74) is 7.35. The standard InChI is InChI=1S/C16H10N2O3/c17-9-5-6-13-11(7-9)16-12(8-18(13)20)15(19)10-3-1-2-4-14(10)21-16/h1-8H,17H2. The summed E-state index contributed by atoms with van der Waals surface area (Å²) in [6.45, 7) is 0. The van der Waals surface area contributed by atoms with Gasteiger partial charge in [0.15, 0.2) is 11.8 Å². The molecule has 0 radical (unpaired) electrons. The quantitative estimate of drug-likeness (QED) is 0.176. The molecule has 2 aromatic heterocycles. The van der Waals surface area contributed by atoms with Crippen molar-refractivity contribution in [1.82, 2.24) is 0 Å². The molecule has 0 aliphatic heterocycles. The highest BCUT2D eigenvalue weighted by Crippen LogP contribution is 2.25. The topological polar surface area (TPSA) is 83.2 Å². The van der Waals surface area contributed by atoms with Crippen molar-refractivity contribution < 1.29 is 9.15 Å². The largest absolute Gasteiger partial charge is 0.618 e. The lowest BCUT2D eigenvalue weighted by molar-refractivity contribution is -0.575. The molecule has 0 saturated heterocycles. The van der Waals surface area contributed by atoms with Crippen LogP contribution in [0.5, 0.6) is 0 Å². The third-order valence-electron chi connectivity index (χ3n) is 3.58. The molecule has 4 aromatic rings. The highest BCUT2D eigenvalue weighted by Gasteiger charge is 2.16. The van der Waals surface area contributed by atoms with Crippen LogP contribution < -0.4 is 15.9 Å². The van der Waals surface area contributed by atoms with Crippen LogP contribution in [0.4, 0.5) is 5.69 Å². The van der Waals surface area contributed by atoms with E-state index in [4.69, 9.17) is 10.2 Å². The first kappa shape index (κ1) is 11.7. The van der Waals surface area contributed by atoms with Crippen molar-refractivity contribution in [2.24, 2.45) is 0 Å². The first-order valence-corrected chi connectivity index (χ1v) is 6.42. The van der Waals surface area contributed by atoms with Crippen LogP contribution in [0.3, 0.4) is 0 Å². The van der Waals surface area contributed by atoms with Crippen LogP contribution in [0.2, 0.25) is 0 Å². The molecule has 5 nitrogen and oxygen atoms in total. The van der Waals surface area contributed by atoms with E-state index >= 15 is 0 Å². The number of hydrogen-bond acceptors (Lipinski definition) is 4. The van der Waals surface area contributed by atoms with E-state index in [1.807, 2.05) is 0 Å². The second-order valence-corrected chi connectivity index (χ2v) is 4.90. The monoisotopic (exact) mass is 278 g/mol.